The molecule has 3 aliphatic rings. The molecule has 0 aromatic carbocycles. The monoisotopic (exact) mass is 507 g/mol. The first-order valence-corrected chi connectivity index (χ1v) is 14.1. The Morgan fingerprint density at radius 3 is 2.51 bits per heavy atom. The lowest BCUT2D eigenvalue weighted by atomic mass is 9.85. The van der Waals surface area contributed by atoms with E-state index in [0.717, 1.165) is 75.0 Å². The molecule has 1 saturated heterocycles. The van der Waals surface area contributed by atoms with Crippen molar-refractivity contribution < 1.29 is 14.3 Å². The van der Waals surface area contributed by atoms with E-state index in [1.807, 2.05) is 30.9 Å². The zero-order chi connectivity index (χ0) is 25.9. The van der Waals surface area contributed by atoms with Crippen molar-refractivity contribution in [2.24, 2.45) is 5.92 Å². The number of nitrogens with one attached hydrogen (secondary N) is 1. The quantitative estimate of drug-likeness (QED) is 0.608. The predicted molar refractivity (Wildman–Crippen MR) is 142 cm³/mol. The van der Waals surface area contributed by atoms with Crippen molar-refractivity contribution in [1.82, 2.24) is 25.0 Å². The Hall–Kier alpha value is -2.90. The minimum atomic E-state index is 0.000941. The summed E-state index contributed by atoms with van der Waals surface area (Å²) in [6.45, 7) is 7.81. The fourth-order valence-corrected chi connectivity index (χ4v) is 6.35. The first-order valence-electron chi connectivity index (χ1n) is 14.1. The van der Waals surface area contributed by atoms with Crippen LogP contribution in [0.5, 0.6) is 5.75 Å². The van der Waals surface area contributed by atoms with Gasteiger partial charge in [0, 0.05) is 49.6 Å². The number of fused-ring (bicyclic) bond motifs is 1. The maximum Gasteiger partial charge on any atom is 0.274 e. The number of rotatable bonds is 7. The average Bonchev–Trinajstić information content (AvgIpc) is 3.48. The number of amides is 2. The van der Waals surface area contributed by atoms with Gasteiger partial charge >= 0.3 is 0 Å². The van der Waals surface area contributed by atoms with Gasteiger partial charge in [-0.25, -0.2) is 0 Å². The van der Waals surface area contributed by atoms with Crippen LogP contribution < -0.4 is 10.1 Å². The molecular formula is C29H41N5O3. The normalized spacial score (nSPS) is 22.1. The van der Waals surface area contributed by atoms with Gasteiger partial charge in [0.25, 0.3) is 5.91 Å². The van der Waals surface area contributed by atoms with Crippen LogP contribution in [0.4, 0.5) is 0 Å². The van der Waals surface area contributed by atoms with E-state index in [9.17, 15) is 9.59 Å². The fourth-order valence-electron chi connectivity index (χ4n) is 6.35. The van der Waals surface area contributed by atoms with Crippen LogP contribution in [0.25, 0.3) is 0 Å². The molecule has 2 fully saturated rings. The van der Waals surface area contributed by atoms with Crippen LogP contribution in [0.15, 0.2) is 12.1 Å². The van der Waals surface area contributed by atoms with Crippen molar-refractivity contribution in [1.29, 1.82) is 0 Å². The third-order valence-corrected chi connectivity index (χ3v) is 8.41. The minimum Gasteiger partial charge on any atom is -0.489 e. The van der Waals surface area contributed by atoms with Gasteiger partial charge in [-0.1, -0.05) is 0 Å². The van der Waals surface area contributed by atoms with Crippen LogP contribution in [0.2, 0.25) is 0 Å². The van der Waals surface area contributed by atoms with E-state index >= 15 is 0 Å². The zero-order valence-electron chi connectivity index (χ0n) is 22.6. The number of hydrogen-bond acceptors (Lipinski definition) is 5. The van der Waals surface area contributed by atoms with Gasteiger partial charge in [-0.05, 0) is 96.1 Å². The third kappa shape index (κ3) is 5.99. The molecule has 2 aliphatic carbocycles. The van der Waals surface area contributed by atoms with Crippen LogP contribution >= 0.6 is 0 Å². The maximum atomic E-state index is 13.4. The van der Waals surface area contributed by atoms with Gasteiger partial charge in [0.05, 0.1) is 11.8 Å². The molecule has 0 atom stereocenters. The van der Waals surface area contributed by atoms with Gasteiger partial charge in [0.15, 0.2) is 5.69 Å². The SMILES string of the molecule is CC(=O)NC1CCN(C(=O)c2nn(CCC3CCC(Oc4ccc(C)nc4C)CC3)c3c2CCC3)CC1. The number of aryl methyl sites for hydroxylation is 3. The van der Waals surface area contributed by atoms with Crippen molar-refractivity contribution in [2.45, 2.75) is 104 Å². The highest BCUT2D eigenvalue weighted by atomic mass is 16.5. The van der Waals surface area contributed by atoms with Gasteiger partial charge in [0.2, 0.25) is 5.91 Å². The van der Waals surface area contributed by atoms with Crippen LogP contribution in [0.3, 0.4) is 0 Å². The molecule has 37 heavy (non-hydrogen) atoms. The number of likely N-dealkylation sites (tertiary alicyclic amines) is 1. The van der Waals surface area contributed by atoms with E-state index < -0.39 is 0 Å². The highest BCUT2D eigenvalue weighted by Gasteiger charge is 2.31. The lowest BCUT2D eigenvalue weighted by Crippen LogP contribution is -2.46. The second-order valence-corrected chi connectivity index (χ2v) is 11.2. The third-order valence-electron chi connectivity index (χ3n) is 8.41. The van der Waals surface area contributed by atoms with E-state index in [1.54, 1.807) is 6.92 Å². The summed E-state index contributed by atoms with van der Waals surface area (Å²) in [4.78, 5) is 31.2. The van der Waals surface area contributed by atoms with E-state index in [1.165, 1.54) is 24.1 Å². The summed E-state index contributed by atoms with van der Waals surface area (Å²) in [6.07, 6.45) is 10.5. The lowest BCUT2D eigenvalue weighted by molar-refractivity contribution is -0.119. The Kier molecular flexibility index (Phi) is 7.81. The summed E-state index contributed by atoms with van der Waals surface area (Å²) in [5.74, 6) is 1.65. The van der Waals surface area contributed by atoms with E-state index in [-0.39, 0.29) is 24.0 Å². The van der Waals surface area contributed by atoms with Gasteiger partial charge in [-0.3, -0.25) is 19.3 Å². The number of carbonyl (C=O) groups is 2. The predicted octanol–water partition coefficient (Wildman–Crippen LogP) is 4.15. The fraction of sp³-hybridized carbons (Fsp3) is 0.655. The molecule has 0 bridgehead atoms. The molecular weight excluding hydrogens is 466 g/mol. The number of nitrogens with zero attached hydrogens (tertiary/aromatic N) is 4. The number of pyridine rings is 1. The molecule has 200 valence electrons. The molecule has 1 aliphatic heterocycles. The summed E-state index contributed by atoms with van der Waals surface area (Å²) < 4.78 is 8.43. The second-order valence-electron chi connectivity index (χ2n) is 11.2. The molecule has 2 aromatic rings. The second kappa shape index (κ2) is 11.2. The summed E-state index contributed by atoms with van der Waals surface area (Å²) in [5.41, 5.74) is 5.11. The first kappa shape index (κ1) is 25.7. The van der Waals surface area contributed by atoms with Crippen LogP contribution in [-0.4, -0.2) is 56.7 Å². The molecule has 0 radical (unpaired) electrons. The lowest BCUT2D eigenvalue weighted by Gasteiger charge is -2.32. The number of ether oxygens (including phenoxy) is 1. The van der Waals surface area contributed by atoms with Crippen molar-refractivity contribution in [3.8, 4) is 5.75 Å². The number of hydrogen-bond donors (Lipinski definition) is 1. The molecule has 3 heterocycles. The number of aromatic nitrogens is 3. The Balaban J connectivity index is 1.14. The summed E-state index contributed by atoms with van der Waals surface area (Å²) >= 11 is 0. The Labute approximate surface area is 220 Å². The van der Waals surface area contributed by atoms with Crippen molar-refractivity contribution in [3.05, 3.63) is 40.5 Å². The van der Waals surface area contributed by atoms with Crippen LogP contribution in [0.1, 0.15) is 91.4 Å². The highest BCUT2D eigenvalue weighted by molar-refractivity contribution is 5.94. The Morgan fingerprint density at radius 2 is 1.81 bits per heavy atom. The number of piperidine rings is 1. The molecule has 2 aromatic heterocycles. The van der Waals surface area contributed by atoms with Gasteiger partial charge < -0.3 is 15.0 Å². The van der Waals surface area contributed by atoms with Crippen LogP contribution in [-0.2, 0) is 24.2 Å². The standard InChI is InChI=1S/C29H41N5O3/c1-19-7-12-27(20(2)30-19)37-24-10-8-22(9-11-24)13-18-34-26-6-4-5-25(26)28(32-34)29(36)33-16-14-23(15-17-33)31-21(3)35/h7,12,22-24H,4-6,8-11,13-18H2,1-3H3,(H,31,35). The van der Waals surface area contributed by atoms with E-state index in [4.69, 9.17) is 9.84 Å². The van der Waals surface area contributed by atoms with Crippen molar-refractivity contribution in [2.75, 3.05) is 13.1 Å². The molecule has 1 N–H and O–H groups in total. The van der Waals surface area contributed by atoms with Gasteiger partial charge in [-0.2, -0.15) is 5.10 Å². The molecule has 8 nitrogen and oxygen atoms in total. The highest BCUT2D eigenvalue weighted by Crippen LogP contribution is 2.32. The Bertz CT molecular complexity index is 1130. The molecule has 5 rings (SSSR count). The molecule has 2 amide bonds. The summed E-state index contributed by atoms with van der Waals surface area (Å²) in [7, 11) is 0. The molecule has 0 spiro atoms. The summed E-state index contributed by atoms with van der Waals surface area (Å²) in [5, 5.41) is 7.86. The first-order chi connectivity index (χ1) is 17.9. The van der Waals surface area contributed by atoms with Crippen molar-refractivity contribution >= 4 is 11.8 Å². The van der Waals surface area contributed by atoms with Crippen molar-refractivity contribution in [3.63, 3.8) is 0 Å². The largest absolute Gasteiger partial charge is 0.489 e. The molecule has 1 saturated carbocycles. The van der Waals surface area contributed by atoms with E-state index in [0.29, 0.717) is 24.7 Å². The zero-order valence-corrected chi connectivity index (χ0v) is 22.6. The minimum absolute atomic E-state index is 0.000941. The smallest absolute Gasteiger partial charge is 0.274 e. The van der Waals surface area contributed by atoms with Gasteiger partial charge in [0.1, 0.15) is 5.75 Å². The Morgan fingerprint density at radius 1 is 1.05 bits per heavy atom. The maximum absolute atomic E-state index is 13.4. The molecule has 0 unspecified atom stereocenters. The number of carbonyl (C=O) groups excluding carboxylic acids is 2. The summed E-state index contributed by atoms with van der Waals surface area (Å²) in [6, 6.07) is 4.23. The molecule has 8 heteroatoms. The van der Waals surface area contributed by atoms with Gasteiger partial charge in [-0.15, -0.1) is 0 Å². The topological polar surface area (TPSA) is 89.4 Å². The average molecular weight is 508 g/mol. The van der Waals surface area contributed by atoms with Crippen LogP contribution in [0, 0.1) is 19.8 Å². The van der Waals surface area contributed by atoms with E-state index in [2.05, 4.69) is 15.0 Å².